The number of aliphatic hydroxyl groups is 2. The van der Waals surface area contributed by atoms with E-state index in [1.807, 2.05) is 6.26 Å². The molecular weight excluding hydrogens is 296 g/mol. The van der Waals surface area contributed by atoms with E-state index in [0.717, 1.165) is 0 Å². The van der Waals surface area contributed by atoms with Crippen LogP contribution in [-0.2, 0) is 0 Å². The Labute approximate surface area is 123 Å². The molecule has 8 nitrogen and oxygen atoms in total. The van der Waals surface area contributed by atoms with Crippen molar-refractivity contribution in [2.45, 2.75) is 24.3 Å². The molecule has 0 spiro atoms. The Morgan fingerprint density at radius 2 is 1.95 bits per heavy atom. The summed E-state index contributed by atoms with van der Waals surface area (Å²) in [4.78, 5) is 30.6. The van der Waals surface area contributed by atoms with Crippen molar-refractivity contribution in [1.82, 2.24) is 20.3 Å². The molecule has 1 aliphatic rings. The maximum absolute atomic E-state index is 11.7. The summed E-state index contributed by atoms with van der Waals surface area (Å²) in [6.45, 7) is 0. The molecule has 6 N–H and O–H groups in total. The van der Waals surface area contributed by atoms with Crippen molar-refractivity contribution in [3.05, 3.63) is 32.6 Å². The molecule has 1 aliphatic heterocycles. The van der Waals surface area contributed by atoms with Crippen molar-refractivity contribution in [2.75, 3.05) is 12.0 Å². The van der Waals surface area contributed by atoms with E-state index in [0.29, 0.717) is 16.8 Å². The van der Waals surface area contributed by atoms with Crippen molar-refractivity contribution in [3.63, 3.8) is 0 Å². The molecule has 0 unspecified atom stereocenters. The van der Waals surface area contributed by atoms with E-state index in [4.69, 9.17) is 0 Å². The molecule has 21 heavy (non-hydrogen) atoms. The van der Waals surface area contributed by atoms with Crippen molar-refractivity contribution in [2.24, 2.45) is 0 Å². The fraction of sp³-hybridized carbons (Fsp3) is 0.500. The number of aromatic nitrogens is 3. The predicted octanol–water partition coefficient (Wildman–Crippen LogP) is -1.36. The minimum atomic E-state index is -1.01. The Kier molecular flexibility index (Phi) is 3.66. The number of aliphatic hydroxyl groups excluding tert-OH is 2. The fourth-order valence-corrected chi connectivity index (χ4v) is 3.42. The lowest BCUT2D eigenvalue weighted by molar-refractivity contribution is 0.0308. The third-order valence-electron chi connectivity index (χ3n) is 3.78. The number of aromatic amines is 3. The second kappa shape index (κ2) is 5.34. The van der Waals surface area contributed by atoms with Crippen LogP contribution in [0, 0.1) is 0 Å². The van der Waals surface area contributed by atoms with Gasteiger partial charge in [0.25, 0.3) is 5.56 Å². The summed E-state index contributed by atoms with van der Waals surface area (Å²) in [6.07, 6.45) is 1.56. The van der Waals surface area contributed by atoms with Crippen molar-refractivity contribution >= 4 is 22.8 Å². The number of nitrogens with one attached hydrogen (secondary N) is 4. The van der Waals surface area contributed by atoms with Crippen LogP contribution in [0.5, 0.6) is 0 Å². The minimum Gasteiger partial charge on any atom is -0.389 e. The highest BCUT2D eigenvalue weighted by Gasteiger charge is 2.42. The van der Waals surface area contributed by atoms with E-state index < -0.39 is 29.5 Å². The smallest absolute Gasteiger partial charge is 0.326 e. The molecule has 114 valence electrons. The molecule has 0 aliphatic carbocycles. The van der Waals surface area contributed by atoms with Crippen molar-refractivity contribution < 1.29 is 10.2 Å². The zero-order valence-electron chi connectivity index (χ0n) is 11.2. The second-order valence-corrected chi connectivity index (χ2v) is 6.00. The molecule has 9 heteroatoms. The van der Waals surface area contributed by atoms with Crippen LogP contribution in [0.3, 0.4) is 0 Å². The standard InChI is InChI=1S/C12H16N4O4S/c1-21-3-5-9(17)10(18)7(14-5)4-2-13-8-6(4)15-12(20)16-11(8)19/h2,5,7,9-10,13-14,17-18H,3H2,1H3,(H2,15,16,19,20)/t5-,7+,9+,10-/m1/s1. The van der Waals surface area contributed by atoms with Gasteiger partial charge in [-0.15, -0.1) is 0 Å². The zero-order valence-corrected chi connectivity index (χ0v) is 12.0. The van der Waals surface area contributed by atoms with E-state index in [9.17, 15) is 19.8 Å². The first-order valence-electron chi connectivity index (χ1n) is 6.47. The summed E-state index contributed by atoms with van der Waals surface area (Å²) in [6, 6.07) is -0.804. The lowest BCUT2D eigenvalue weighted by Gasteiger charge is -2.14. The van der Waals surface area contributed by atoms with E-state index in [1.165, 1.54) is 0 Å². The Morgan fingerprint density at radius 3 is 2.67 bits per heavy atom. The summed E-state index contributed by atoms with van der Waals surface area (Å²) in [5.41, 5.74) is 0.0119. The first-order valence-corrected chi connectivity index (χ1v) is 7.87. The molecule has 4 atom stereocenters. The number of rotatable bonds is 3. The largest absolute Gasteiger partial charge is 0.389 e. The number of H-pyrrole nitrogens is 3. The third kappa shape index (κ3) is 2.31. The van der Waals surface area contributed by atoms with Gasteiger partial charge >= 0.3 is 5.69 Å². The van der Waals surface area contributed by atoms with Crippen LogP contribution in [0.15, 0.2) is 15.8 Å². The molecule has 0 aromatic carbocycles. The van der Waals surface area contributed by atoms with Crippen LogP contribution >= 0.6 is 11.8 Å². The summed E-state index contributed by atoms with van der Waals surface area (Å²) >= 11 is 1.56. The number of thioether (sulfide) groups is 1. The monoisotopic (exact) mass is 312 g/mol. The predicted molar refractivity (Wildman–Crippen MR) is 79.6 cm³/mol. The first kappa shape index (κ1) is 14.4. The molecule has 1 fully saturated rings. The molecule has 0 saturated carbocycles. The van der Waals surface area contributed by atoms with Crippen LogP contribution in [0.1, 0.15) is 11.6 Å². The highest BCUT2D eigenvalue weighted by Crippen LogP contribution is 2.31. The summed E-state index contributed by atoms with van der Waals surface area (Å²) in [5.74, 6) is 0.647. The average Bonchev–Trinajstić information content (AvgIpc) is 2.96. The summed E-state index contributed by atoms with van der Waals surface area (Å²) in [7, 11) is 0. The van der Waals surface area contributed by atoms with Crippen LogP contribution in [0.4, 0.5) is 0 Å². The van der Waals surface area contributed by atoms with Crippen molar-refractivity contribution in [1.29, 1.82) is 0 Å². The van der Waals surface area contributed by atoms with Gasteiger partial charge in [-0.3, -0.25) is 9.78 Å². The molecule has 0 bridgehead atoms. The zero-order chi connectivity index (χ0) is 15.1. The van der Waals surface area contributed by atoms with Gasteiger partial charge in [0.1, 0.15) is 11.6 Å². The van der Waals surface area contributed by atoms with E-state index in [2.05, 4.69) is 20.3 Å². The molecular formula is C12H16N4O4S. The fourth-order valence-electron chi connectivity index (χ4n) is 2.77. The molecule has 0 amide bonds. The van der Waals surface area contributed by atoms with Gasteiger partial charge < -0.3 is 25.5 Å². The topological polar surface area (TPSA) is 134 Å². The summed E-state index contributed by atoms with van der Waals surface area (Å²) in [5, 5.41) is 23.4. The average molecular weight is 312 g/mol. The van der Waals surface area contributed by atoms with Gasteiger partial charge in [-0.2, -0.15) is 11.8 Å². The van der Waals surface area contributed by atoms with Gasteiger partial charge in [-0.25, -0.2) is 4.79 Å². The number of fused-ring (bicyclic) bond motifs is 1. The van der Waals surface area contributed by atoms with Gasteiger partial charge in [0.05, 0.1) is 17.7 Å². The maximum atomic E-state index is 11.7. The third-order valence-corrected chi connectivity index (χ3v) is 4.47. The van der Waals surface area contributed by atoms with Gasteiger partial charge in [-0.05, 0) is 6.26 Å². The highest BCUT2D eigenvalue weighted by molar-refractivity contribution is 7.98. The second-order valence-electron chi connectivity index (χ2n) is 5.09. The summed E-state index contributed by atoms with van der Waals surface area (Å²) < 4.78 is 0. The van der Waals surface area contributed by atoms with Gasteiger partial charge in [0, 0.05) is 23.6 Å². The van der Waals surface area contributed by atoms with E-state index >= 15 is 0 Å². The van der Waals surface area contributed by atoms with Crippen molar-refractivity contribution in [3.8, 4) is 0 Å². The van der Waals surface area contributed by atoms with Crippen LogP contribution in [0.2, 0.25) is 0 Å². The van der Waals surface area contributed by atoms with Crippen LogP contribution < -0.4 is 16.6 Å². The van der Waals surface area contributed by atoms with Crippen LogP contribution in [-0.4, -0.2) is 55.4 Å². The molecule has 1 saturated heterocycles. The molecule has 3 heterocycles. The van der Waals surface area contributed by atoms with Gasteiger partial charge in [0.2, 0.25) is 0 Å². The Morgan fingerprint density at radius 1 is 1.19 bits per heavy atom. The quantitative estimate of drug-likeness (QED) is 0.415. The van der Waals surface area contributed by atoms with Crippen LogP contribution in [0.25, 0.3) is 11.0 Å². The maximum Gasteiger partial charge on any atom is 0.326 e. The first-order chi connectivity index (χ1) is 10.0. The normalized spacial score (nSPS) is 29.3. The SMILES string of the molecule is CSC[C@H]1N[C@@H](c2c[nH]c3c(=O)[nH]c(=O)[nH]c23)[C@@H](O)[C@H]1O. The minimum absolute atomic E-state index is 0.237. The molecule has 2 aromatic heterocycles. The van der Waals surface area contributed by atoms with E-state index in [1.54, 1.807) is 18.0 Å². The Bertz CT molecular complexity index is 766. The molecule has 0 radical (unpaired) electrons. The Hall–Kier alpha value is -1.55. The Balaban J connectivity index is 2.05. The van der Waals surface area contributed by atoms with Gasteiger partial charge in [-0.1, -0.05) is 0 Å². The lowest BCUT2D eigenvalue weighted by Crippen LogP contribution is -2.34. The molecule has 3 rings (SSSR count). The number of hydrogen-bond donors (Lipinski definition) is 6. The van der Waals surface area contributed by atoms with E-state index in [-0.39, 0.29) is 11.6 Å². The highest BCUT2D eigenvalue weighted by atomic mass is 32.2. The number of hydrogen-bond acceptors (Lipinski definition) is 6. The lowest BCUT2D eigenvalue weighted by atomic mass is 10.0. The van der Waals surface area contributed by atoms with Gasteiger partial charge in [0.15, 0.2) is 0 Å². The molecule has 2 aromatic rings.